The van der Waals surface area contributed by atoms with Crippen molar-refractivity contribution in [3.8, 4) is 0 Å². The maximum absolute atomic E-state index is 12.5. The molecule has 0 saturated heterocycles. The van der Waals surface area contributed by atoms with E-state index in [1.807, 2.05) is 17.5 Å². The number of hydrogen-bond acceptors (Lipinski definition) is 3. The first-order chi connectivity index (χ1) is 9.56. The molecule has 20 heavy (non-hydrogen) atoms. The largest absolute Gasteiger partial charge is 0.241 e. The fourth-order valence-corrected chi connectivity index (χ4v) is 4.63. The number of thiophene rings is 1. The third-order valence-electron chi connectivity index (χ3n) is 3.35. The standard InChI is InChI=1S/C14H14BrNO2S2/c15-11-5-7-12(8-6-11)20(17,18)16-14(10-3-4-10)13-2-1-9-19-13/h1-2,5-10,14,16H,3-4H2/t14-/m1/s1. The van der Waals surface area contributed by atoms with E-state index in [1.54, 1.807) is 35.6 Å². The summed E-state index contributed by atoms with van der Waals surface area (Å²) >= 11 is 4.92. The Morgan fingerprint density at radius 1 is 1.20 bits per heavy atom. The molecule has 1 aliphatic rings. The van der Waals surface area contributed by atoms with Gasteiger partial charge in [-0.1, -0.05) is 22.0 Å². The molecule has 0 spiro atoms. The molecule has 1 heterocycles. The quantitative estimate of drug-likeness (QED) is 0.864. The number of sulfonamides is 1. The molecule has 1 N–H and O–H groups in total. The van der Waals surface area contributed by atoms with Gasteiger partial charge in [0.05, 0.1) is 10.9 Å². The van der Waals surface area contributed by atoms with Crippen LogP contribution in [0.3, 0.4) is 0 Å². The average molecular weight is 372 g/mol. The fraction of sp³-hybridized carbons (Fsp3) is 0.286. The van der Waals surface area contributed by atoms with E-state index in [-0.39, 0.29) is 6.04 Å². The zero-order chi connectivity index (χ0) is 14.2. The van der Waals surface area contributed by atoms with Crippen LogP contribution in [0.4, 0.5) is 0 Å². The summed E-state index contributed by atoms with van der Waals surface area (Å²) in [7, 11) is -3.47. The van der Waals surface area contributed by atoms with Crippen molar-refractivity contribution in [2.24, 2.45) is 5.92 Å². The molecule has 3 nitrogen and oxygen atoms in total. The summed E-state index contributed by atoms with van der Waals surface area (Å²) in [4.78, 5) is 1.40. The zero-order valence-corrected chi connectivity index (χ0v) is 13.8. The number of benzene rings is 1. The maximum Gasteiger partial charge on any atom is 0.241 e. The van der Waals surface area contributed by atoms with E-state index in [0.29, 0.717) is 10.8 Å². The minimum atomic E-state index is -3.47. The van der Waals surface area contributed by atoms with Crippen LogP contribution < -0.4 is 4.72 Å². The van der Waals surface area contributed by atoms with Crippen LogP contribution in [0.1, 0.15) is 23.8 Å². The van der Waals surface area contributed by atoms with Crippen molar-refractivity contribution in [1.29, 1.82) is 0 Å². The first-order valence-corrected chi connectivity index (χ1v) is 9.53. The highest BCUT2D eigenvalue weighted by Gasteiger charge is 2.35. The van der Waals surface area contributed by atoms with Crippen LogP contribution in [0.5, 0.6) is 0 Å². The minimum Gasteiger partial charge on any atom is -0.207 e. The molecule has 0 amide bonds. The zero-order valence-electron chi connectivity index (χ0n) is 10.6. The average Bonchev–Trinajstić information content (AvgIpc) is 3.11. The lowest BCUT2D eigenvalue weighted by Crippen LogP contribution is -2.29. The van der Waals surface area contributed by atoms with Crippen LogP contribution in [0, 0.1) is 5.92 Å². The number of halogens is 1. The molecule has 1 aromatic carbocycles. The Bertz CT molecular complexity index is 676. The predicted molar refractivity (Wildman–Crippen MR) is 84.2 cm³/mol. The van der Waals surface area contributed by atoms with Gasteiger partial charge in [-0.15, -0.1) is 11.3 Å². The van der Waals surface area contributed by atoms with Crippen molar-refractivity contribution in [1.82, 2.24) is 4.72 Å². The summed E-state index contributed by atoms with van der Waals surface area (Å²) < 4.78 is 28.6. The van der Waals surface area contributed by atoms with E-state index in [9.17, 15) is 8.42 Å². The summed E-state index contributed by atoms with van der Waals surface area (Å²) in [5.41, 5.74) is 0. The molecule has 106 valence electrons. The van der Waals surface area contributed by atoms with Crippen LogP contribution in [-0.2, 0) is 10.0 Å². The molecule has 0 unspecified atom stereocenters. The molecular weight excluding hydrogens is 358 g/mol. The van der Waals surface area contributed by atoms with Crippen LogP contribution in [0.25, 0.3) is 0 Å². The van der Waals surface area contributed by atoms with Crippen LogP contribution in [0.2, 0.25) is 0 Å². The van der Waals surface area contributed by atoms with E-state index in [1.165, 1.54) is 0 Å². The van der Waals surface area contributed by atoms with E-state index < -0.39 is 10.0 Å². The van der Waals surface area contributed by atoms with Gasteiger partial charge in [0.15, 0.2) is 0 Å². The normalized spacial score (nSPS) is 17.1. The van der Waals surface area contributed by atoms with Crippen molar-refractivity contribution in [2.45, 2.75) is 23.8 Å². The molecule has 1 aliphatic carbocycles. The fourth-order valence-electron chi connectivity index (χ4n) is 2.13. The third-order valence-corrected chi connectivity index (χ3v) is 6.29. The number of nitrogens with one attached hydrogen (secondary N) is 1. The van der Waals surface area contributed by atoms with Gasteiger partial charge in [0, 0.05) is 9.35 Å². The molecule has 3 rings (SSSR count). The maximum atomic E-state index is 12.5. The van der Waals surface area contributed by atoms with Crippen LogP contribution in [-0.4, -0.2) is 8.42 Å². The predicted octanol–water partition coefficient (Wildman–Crippen LogP) is 3.94. The Morgan fingerprint density at radius 3 is 2.45 bits per heavy atom. The molecule has 0 radical (unpaired) electrons. The van der Waals surface area contributed by atoms with Crippen LogP contribution >= 0.6 is 27.3 Å². The first kappa shape index (κ1) is 14.3. The summed E-state index contributed by atoms with van der Waals surface area (Å²) in [6.45, 7) is 0. The number of rotatable bonds is 5. The SMILES string of the molecule is O=S(=O)(N[C@@H](c1cccs1)C1CC1)c1ccc(Br)cc1. The van der Waals surface area contributed by atoms with E-state index >= 15 is 0 Å². The van der Waals surface area contributed by atoms with Gasteiger partial charge in [0.1, 0.15) is 0 Å². The van der Waals surface area contributed by atoms with Crippen molar-refractivity contribution in [2.75, 3.05) is 0 Å². The second kappa shape index (κ2) is 5.60. The van der Waals surface area contributed by atoms with Gasteiger partial charge in [-0.25, -0.2) is 13.1 Å². The molecule has 0 aliphatic heterocycles. The van der Waals surface area contributed by atoms with E-state index in [2.05, 4.69) is 20.7 Å². The summed E-state index contributed by atoms with van der Waals surface area (Å²) in [6, 6.07) is 10.6. The van der Waals surface area contributed by atoms with Gasteiger partial charge in [0.25, 0.3) is 0 Å². The minimum absolute atomic E-state index is 0.0938. The molecule has 1 atom stereocenters. The molecule has 0 bridgehead atoms. The Kier molecular flexibility index (Phi) is 3.99. The van der Waals surface area contributed by atoms with Gasteiger partial charge >= 0.3 is 0 Å². The lowest BCUT2D eigenvalue weighted by molar-refractivity contribution is 0.533. The highest BCUT2D eigenvalue weighted by molar-refractivity contribution is 9.10. The topological polar surface area (TPSA) is 46.2 Å². The molecule has 6 heteroatoms. The summed E-state index contributed by atoms with van der Waals surface area (Å²) in [5, 5.41) is 1.98. The van der Waals surface area contributed by atoms with Crippen molar-refractivity contribution < 1.29 is 8.42 Å². The Labute approximate surface area is 131 Å². The molecule has 2 aromatic rings. The number of hydrogen-bond donors (Lipinski definition) is 1. The summed E-state index contributed by atoms with van der Waals surface area (Å²) in [6.07, 6.45) is 2.18. The second-order valence-corrected chi connectivity index (χ2v) is 8.51. The highest BCUT2D eigenvalue weighted by atomic mass is 79.9. The molecule has 1 fully saturated rings. The molecular formula is C14H14BrNO2S2. The Hall–Kier alpha value is -0.690. The molecule has 1 saturated carbocycles. The first-order valence-electron chi connectivity index (χ1n) is 6.37. The highest BCUT2D eigenvalue weighted by Crippen LogP contribution is 2.43. The lowest BCUT2D eigenvalue weighted by atomic mass is 10.2. The van der Waals surface area contributed by atoms with Gasteiger partial charge in [-0.3, -0.25) is 0 Å². The van der Waals surface area contributed by atoms with Gasteiger partial charge in [-0.2, -0.15) is 0 Å². The van der Waals surface area contributed by atoms with E-state index in [0.717, 1.165) is 22.2 Å². The van der Waals surface area contributed by atoms with E-state index in [4.69, 9.17) is 0 Å². The second-order valence-electron chi connectivity index (χ2n) is 4.91. The smallest absolute Gasteiger partial charge is 0.207 e. The Balaban J connectivity index is 1.86. The summed E-state index contributed by atoms with van der Waals surface area (Å²) in [5.74, 6) is 0.430. The monoisotopic (exact) mass is 371 g/mol. The molecule has 1 aromatic heterocycles. The Morgan fingerprint density at radius 2 is 1.90 bits per heavy atom. The van der Waals surface area contributed by atoms with Crippen molar-refractivity contribution in [3.05, 3.63) is 51.1 Å². The van der Waals surface area contributed by atoms with Crippen LogP contribution in [0.15, 0.2) is 51.1 Å². The van der Waals surface area contributed by atoms with Crippen molar-refractivity contribution >= 4 is 37.3 Å². The third kappa shape index (κ3) is 3.14. The van der Waals surface area contributed by atoms with Gasteiger partial charge in [-0.05, 0) is 54.5 Å². The van der Waals surface area contributed by atoms with Gasteiger partial charge < -0.3 is 0 Å². The van der Waals surface area contributed by atoms with Gasteiger partial charge in [0.2, 0.25) is 10.0 Å². The van der Waals surface area contributed by atoms with Crippen molar-refractivity contribution in [3.63, 3.8) is 0 Å². The lowest BCUT2D eigenvalue weighted by Gasteiger charge is -2.17.